The third-order valence-corrected chi connectivity index (χ3v) is 11.8. The lowest BCUT2D eigenvalue weighted by atomic mass is 10.1. The minimum absolute atomic E-state index is 0.172. The molecule has 5 rings (SSSR count). The number of fused-ring (bicyclic) bond motifs is 1. The lowest BCUT2D eigenvalue weighted by Crippen LogP contribution is -2.68. The van der Waals surface area contributed by atoms with E-state index in [1.54, 1.807) is 12.1 Å². The first-order valence-electron chi connectivity index (χ1n) is 12.4. The van der Waals surface area contributed by atoms with Gasteiger partial charge in [0.2, 0.25) is 0 Å². The van der Waals surface area contributed by atoms with Gasteiger partial charge in [0.15, 0.2) is 0 Å². The molecule has 1 aliphatic heterocycles. The van der Waals surface area contributed by atoms with Gasteiger partial charge in [0.1, 0.15) is 5.75 Å². The van der Waals surface area contributed by atoms with Crippen LogP contribution in [0.25, 0.3) is 0 Å². The molecule has 4 aromatic rings. The van der Waals surface area contributed by atoms with Crippen LogP contribution in [0.5, 0.6) is 5.75 Å². The molecular weight excluding hydrogens is 476 g/mol. The zero-order chi connectivity index (χ0) is 26.0. The first-order chi connectivity index (χ1) is 17.8. The van der Waals surface area contributed by atoms with Crippen molar-refractivity contribution in [1.82, 2.24) is 5.32 Å². The van der Waals surface area contributed by atoms with Crippen LogP contribution in [-0.2, 0) is 6.54 Å². The summed E-state index contributed by atoms with van der Waals surface area (Å²) in [6.07, 6.45) is 0. The minimum Gasteiger partial charge on any atom is -0.534 e. The Morgan fingerprint density at radius 3 is 1.95 bits per heavy atom. The van der Waals surface area contributed by atoms with E-state index < -0.39 is 8.32 Å². The van der Waals surface area contributed by atoms with E-state index in [4.69, 9.17) is 4.43 Å². The highest BCUT2D eigenvalue weighted by atomic mass is 28.4. The van der Waals surface area contributed by atoms with E-state index in [1.807, 2.05) is 42.5 Å². The van der Waals surface area contributed by atoms with Gasteiger partial charge in [0.05, 0.1) is 11.1 Å². The molecule has 6 heteroatoms. The van der Waals surface area contributed by atoms with E-state index in [2.05, 4.69) is 79.9 Å². The summed E-state index contributed by atoms with van der Waals surface area (Å²) >= 11 is 0. The molecule has 1 aliphatic rings. The largest absolute Gasteiger partial charge is 0.534 e. The molecule has 0 aromatic heterocycles. The van der Waals surface area contributed by atoms with E-state index in [-0.39, 0.29) is 16.9 Å². The minimum atomic E-state index is -2.80. The van der Waals surface area contributed by atoms with Crippen LogP contribution in [0.1, 0.15) is 47.1 Å². The molecule has 37 heavy (non-hydrogen) atoms. The Kier molecular flexibility index (Phi) is 6.44. The van der Waals surface area contributed by atoms with Gasteiger partial charge in [-0.2, -0.15) is 0 Å². The molecule has 0 bridgehead atoms. The third-order valence-electron chi connectivity index (χ3n) is 6.88. The van der Waals surface area contributed by atoms with Crippen LogP contribution in [0, 0.1) is 0 Å². The van der Waals surface area contributed by atoms with Gasteiger partial charge in [-0.1, -0.05) is 106 Å². The maximum Gasteiger partial charge on any atom is 0.319 e. The average molecular weight is 507 g/mol. The molecule has 2 amide bonds. The molecular formula is C31H30N2O3Si. The van der Waals surface area contributed by atoms with Gasteiger partial charge < -0.3 is 9.74 Å². The van der Waals surface area contributed by atoms with Crippen molar-refractivity contribution in [3.05, 3.63) is 120 Å². The van der Waals surface area contributed by atoms with Crippen LogP contribution in [0.3, 0.4) is 0 Å². The van der Waals surface area contributed by atoms with Crippen molar-refractivity contribution in [2.24, 2.45) is 0 Å². The van der Waals surface area contributed by atoms with Crippen molar-refractivity contribution in [2.75, 3.05) is 5.32 Å². The highest BCUT2D eigenvalue weighted by Crippen LogP contribution is 2.38. The molecule has 186 valence electrons. The smallest absolute Gasteiger partial charge is 0.319 e. The van der Waals surface area contributed by atoms with Crippen LogP contribution in [0.2, 0.25) is 5.04 Å². The number of rotatable bonds is 7. The first kappa shape index (κ1) is 24.5. The van der Waals surface area contributed by atoms with Gasteiger partial charge in [-0.3, -0.25) is 14.9 Å². The summed E-state index contributed by atoms with van der Waals surface area (Å²) in [5.41, 5.74) is 2.38. The number of hydrogen-bond donors (Lipinski definition) is 2. The van der Waals surface area contributed by atoms with Gasteiger partial charge in [-0.15, -0.1) is 0 Å². The van der Waals surface area contributed by atoms with Crippen molar-refractivity contribution < 1.29 is 14.0 Å². The number of carbonyl (C=O) groups is 2. The Labute approximate surface area is 218 Å². The predicted molar refractivity (Wildman–Crippen MR) is 150 cm³/mol. The molecule has 0 spiro atoms. The molecule has 1 heterocycles. The van der Waals surface area contributed by atoms with Gasteiger partial charge in [-0.25, -0.2) is 0 Å². The normalized spacial score (nSPS) is 13.2. The fourth-order valence-corrected chi connectivity index (χ4v) is 9.58. The molecule has 0 aliphatic carbocycles. The Bertz CT molecular complexity index is 1410. The fraction of sp³-hybridized carbons (Fsp3) is 0.161. The van der Waals surface area contributed by atoms with Gasteiger partial charge >= 0.3 is 8.32 Å². The van der Waals surface area contributed by atoms with Crippen LogP contribution in [0.4, 0.5) is 5.69 Å². The second kappa shape index (κ2) is 9.71. The predicted octanol–water partition coefficient (Wildman–Crippen LogP) is 5.12. The number of para-hydroxylation sites is 1. The molecule has 0 saturated carbocycles. The number of hydrogen-bond acceptors (Lipinski definition) is 4. The topological polar surface area (TPSA) is 67.4 Å². The molecule has 2 N–H and O–H groups in total. The quantitative estimate of drug-likeness (QED) is 0.270. The second-order valence-corrected chi connectivity index (χ2v) is 14.5. The lowest BCUT2D eigenvalue weighted by Gasteiger charge is -2.43. The monoisotopic (exact) mass is 506 g/mol. The van der Waals surface area contributed by atoms with Crippen molar-refractivity contribution in [3.63, 3.8) is 0 Å². The Morgan fingerprint density at radius 1 is 0.730 bits per heavy atom. The fourth-order valence-electron chi connectivity index (χ4n) is 5.12. The summed E-state index contributed by atoms with van der Waals surface area (Å²) in [4.78, 5) is 24.5. The van der Waals surface area contributed by atoms with E-state index in [1.165, 1.54) is 10.4 Å². The number of anilines is 1. The summed E-state index contributed by atoms with van der Waals surface area (Å²) < 4.78 is 7.25. The Balaban J connectivity index is 1.55. The van der Waals surface area contributed by atoms with Crippen molar-refractivity contribution in [1.29, 1.82) is 0 Å². The van der Waals surface area contributed by atoms with Crippen molar-refractivity contribution >= 4 is 36.2 Å². The molecule has 4 aromatic carbocycles. The zero-order valence-electron chi connectivity index (χ0n) is 21.2. The molecule has 0 atom stereocenters. The molecule has 5 nitrogen and oxygen atoms in total. The van der Waals surface area contributed by atoms with Crippen LogP contribution >= 0.6 is 0 Å². The summed E-state index contributed by atoms with van der Waals surface area (Å²) in [6, 6.07) is 34.4. The lowest BCUT2D eigenvalue weighted by molar-refractivity contribution is 0.0880. The number of imide groups is 1. The van der Waals surface area contributed by atoms with Crippen LogP contribution in [0.15, 0.2) is 103 Å². The van der Waals surface area contributed by atoms with Gasteiger partial charge in [0, 0.05) is 17.8 Å². The highest BCUT2D eigenvalue weighted by Gasteiger charge is 2.52. The number of benzene rings is 4. The number of nitrogens with one attached hydrogen (secondary N) is 2. The summed E-state index contributed by atoms with van der Waals surface area (Å²) in [5.74, 6) is 0.0661. The Morgan fingerprint density at radius 2 is 1.32 bits per heavy atom. The third kappa shape index (κ3) is 4.45. The zero-order valence-corrected chi connectivity index (χ0v) is 22.2. The average Bonchev–Trinajstić information content (AvgIpc) is 3.20. The SMILES string of the molecule is CC(C)(C)[Si](Oc1ccccc1CNc1cccc2c1C(=O)NC2=O)(c1ccccc1)c1ccccc1. The number of carbonyl (C=O) groups excluding carboxylic acids is 2. The molecule has 0 saturated heterocycles. The maximum atomic E-state index is 12.4. The van der Waals surface area contributed by atoms with Gasteiger partial charge in [0.25, 0.3) is 11.8 Å². The van der Waals surface area contributed by atoms with E-state index >= 15 is 0 Å². The summed E-state index contributed by atoms with van der Waals surface area (Å²) in [7, 11) is -2.80. The second-order valence-electron chi connectivity index (χ2n) is 10.2. The summed E-state index contributed by atoms with van der Waals surface area (Å²) in [6.45, 7) is 7.20. The highest BCUT2D eigenvalue weighted by molar-refractivity contribution is 7.00. The van der Waals surface area contributed by atoms with Crippen LogP contribution < -0.4 is 25.4 Å². The van der Waals surface area contributed by atoms with Crippen LogP contribution in [-0.4, -0.2) is 20.1 Å². The molecule has 0 unspecified atom stereocenters. The van der Waals surface area contributed by atoms with E-state index in [0.29, 0.717) is 23.4 Å². The van der Waals surface area contributed by atoms with Gasteiger partial charge in [-0.05, 0) is 33.6 Å². The standard InChI is InChI=1S/C31H30N2O3Si/c1-31(2,3)37(23-14-6-4-7-15-23,24-16-8-5-9-17-24)36-27-20-11-10-13-22(27)21-32-26-19-12-18-25-28(26)30(35)33-29(25)34/h4-20,32H,21H2,1-3H3,(H,33,34,35). The van der Waals surface area contributed by atoms with Crippen molar-refractivity contribution in [3.8, 4) is 5.75 Å². The summed E-state index contributed by atoms with van der Waals surface area (Å²) in [5, 5.41) is 7.99. The van der Waals surface area contributed by atoms with Crippen molar-refractivity contribution in [2.45, 2.75) is 32.4 Å². The maximum absolute atomic E-state index is 12.4. The molecule has 0 fully saturated rings. The van der Waals surface area contributed by atoms with E-state index in [0.717, 1.165) is 11.3 Å². The Hall–Kier alpha value is -4.16. The molecule has 0 radical (unpaired) electrons. The van der Waals surface area contributed by atoms with E-state index in [9.17, 15) is 9.59 Å². The number of amides is 2. The first-order valence-corrected chi connectivity index (χ1v) is 14.3.